The Hall–Kier alpha value is 1.29. The maximum atomic E-state index is 3.25. The minimum atomic E-state index is 0. The second-order valence-corrected chi connectivity index (χ2v) is 0.289. The monoisotopic (exact) mass is 233 g/mol. The van der Waals surface area contributed by atoms with Gasteiger partial charge < -0.3 is 24.8 Å². The van der Waals surface area contributed by atoms with Gasteiger partial charge in [-0.1, -0.05) is 0 Å². The molecule has 0 aliphatic heterocycles. The van der Waals surface area contributed by atoms with Crippen LogP contribution in [0.4, 0.5) is 0 Å². The number of hydrogen-bond acceptors (Lipinski definition) is 0. The third-order valence-electron chi connectivity index (χ3n) is 0. The van der Waals surface area contributed by atoms with Crippen LogP contribution in [0.1, 0.15) is 0 Å². The minimum absolute atomic E-state index is 0. The zero-order chi connectivity index (χ0) is 2.71. The van der Waals surface area contributed by atoms with Gasteiger partial charge in [-0.3, -0.25) is 0 Å². The van der Waals surface area contributed by atoms with Crippen LogP contribution in [-0.2, 0) is 26.2 Å². The van der Waals surface area contributed by atoms with Crippen molar-refractivity contribution in [3.05, 3.63) is 19.6 Å². The van der Waals surface area contributed by atoms with Crippen LogP contribution >= 0.6 is 0 Å². The number of hydrogen-bond donors (Lipinski definition) is 0. The maximum Gasteiger partial charge on any atom is 3.00 e. The Labute approximate surface area is 81.1 Å². The number of halogens is 2. The Morgan fingerprint density at radius 3 is 1.29 bits per heavy atom. The predicted octanol–water partition coefficient (Wildman–Crippen LogP) is -6.44. The fourth-order valence-electron chi connectivity index (χ4n) is 0. The summed E-state index contributed by atoms with van der Waals surface area (Å²) in [6.45, 7) is 6.50. The molecule has 7 heavy (non-hydrogen) atoms. The van der Waals surface area contributed by atoms with Gasteiger partial charge in [0.05, 0.1) is 0 Å². The summed E-state index contributed by atoms with van der Waals surface area (Å²) in [6.07, 6.45) is 1.50. The van der Waals surface area contributed by atoms with E-state index in [-0.39, 0.29) is 62.0 Å². The first kappa shape index (κ1) is 40.7. The Morgan fingerprint density at radius 2 is 1.29 bits per heavy atom. The van der Waals surface area contributed by atoms with Gasteiger partial charge >= 0.3 is 26.2 Å². The molecule has 0 unspecified atom stereocenters. The summed E-state index contributed by atoms with van der Waals surface area (Å²) in [4.78, 5) is 0. The molecule has 0 N–H and O–H groups in total. The first-order valence-corrected chi connectivity index (χ1v) is 0.816. The number of allylic oxidation sites excluding steroid dienone is 1. The molecule has 0 heterocycles. The predicted molar refractivity (Wildman–Crippen MR) is 26.9 cm³/mol. The van der Waals surface area contributed by atoms with E-state index in [2.05, 4.69) is 13.5 Å². The van der Waals surface area contributed by atoms with E-state index in [1.807, 2.05) is 0 Å². The molecule has 0 aromatic heterocycles. The first-order valence-electron chi connectivity index (χ1n) is 0.816. The van der Waals surface area contributed by atoms with E-state index < -0.39 is 0 Å². The van der Waals surface area contributed by atoms with Crippen molar-refractivity contribution in [1.29, 1.82) is 0 Å². The molecule has 1 radical (unpaired) electrons. The van der Waals surface area contributed by atoms with Gasteiger partial charge in [-0.05, 0) is 11.0 Å². The summed E-state index contributed by atoms with van der Waals surface area (Å²) in [5.41, 5.74) is 0. The van der Waals surface area contributed by atoms with Gasteiger partial charge in [0.25, 0.3) is 0 Å². The van der Waals surface area contributed by atoms with Gasteiger partial charge in [-0.15, -0.1) is 0 Å². The largest absolute Gasteiger partial charge is 3.00 e. The molecular weight excluding hydrogens is 226 g/mol. The fourth-order valence-corrected chi connectivity index (χ4v) is 0. The molecule has 0 aliphatic rings. The van der Waals surface area contributed by atoms with E-state index in [4.69, 9.17) is 0 Å². The van der Waals surface area contributed by atoms with Crippen LogP contribution in [0.5, 0.6) is 0 Å². The molecule has 0 fully saturated rings. The van der Waals surface area contributed by atoms with Crippen molar-refractivity contribution in [2.24, 2.45) is 0 Å². The zero-order valence-electron chi connectivity index (χ0n) is 3.25. The molecule has 0 rings (SSSR count). The average Bonchev–Trinajstić information content (AvgIpc) is 0.918. The van der Waals surface area contributed by atoms with Gasteiger partial charge in [0.2, 0.25) is 0 Å². The molecule has 0 saturated heterocycles. The van der Waals surface area contributed by atoms with Crippen LogP contribution in [0.25, 0.3) is 0 Å². The van der Waals surface area contributed by atoms with Crippen LogP contribution in [0.3, 0.4) is 0 Å². The Bertz CT molecular complexity index is 20.4. The van der Waals surface area contributed by atoms with E-state index in [0.717, 1.165) is 0 Å². The SMILES string of the molecule is C=C[CH2-].[Cl-].[Cl-].[SiH4].[Zr+3]. The van der Waals surface area contributed by atoms with Crippen molar-refractivity contribution >= 4 is 11.0 Å². The van der Waals surface area contributed by atoms with Crippen LogP contribution in [-0.4, -0.2) is 11.0 Å². The van der Waals surface area contributed by atoms with Crippen molar-refractivity contribution in [1.82, 2.24) is 0 Å². The molecule has 4 heteroatoms. The van der Waals surface area contributed by atoms with Crippen molar-refractivity contribution in [2.45, 2.75) is 0 Å². The van der Waals surface area contributed by atoms with Gasteiger partial charge in [-0.2, -0.15) is 0 Å². The van der Waals surface area contributed by atoms with E-state index in [1.54, 1.807) is 0 Å². The third kappa shape index (κ3) is 123. The van der Waals surface area contributed by atoms with Gasteiger partial charge in [0.1, 0.15) is 0 Å². The van der Waals surface area contributed by atoms with Crippen LogP contribution < -0.4 is 24.8 Å². The Morgan fingerprint density at radius 1 is 1.29 bits per heavy atom. The van der Waals surface area contributed by atoms with Crippen molar-refractivity contribution in [3.8, 4) is 0 Å². The molecule has 43 valence electrons. The van der Waals surface area contributed by atoms with E-state index >= 15 is 0 Å². The van der Waals surface area contributed by atoms with Gasteiger partial charge in [0, 0.05) is 0 Å². The minimum Gasteiger partial charge on any atom is -1.00 e. The Kier molecular flexibility index (Phi) is 320. The van der Waals surface area contributed by atoms with E-state index in [1.165, 1.54) is 6.08 Å². The summed E-state index contributed by atoms with van der Waals surface area (Å²) in [6, 6.07) is 0. The molecular formula is C3H9Cl2SiZr. The van der Waals surface area contributed by atoms with Crippen molar-refractivity contribution in [3.63, 3.8) is 0 Å². The molecule has 0 nitrogen and oxygen atoms in total. The molecule has 0 saturated carbocycles. The van der Waals surface area contributed by atoms with E-state index in [0.29, 0.717) is 0 Å². The Balaban J connectivity index is -0.00000000333. The first-order chi connectivity index (χ1) is 1.41. The normalized spacial score (nSPS) is 1.71. The summed E-state index contributed by atoms with van der Waals surface area (Å²) in [5, 5.41) is 0. The quantitative estimate of drug-likeness (QED) is 0.289. The molecule has 0 aliphatic carbocycles. The van der Waals surface area contributed by atoms with E-state index in [9.17, 15) is 0 Å². The molecule has 0 amide bonds. The summed E-state index contributed by atoms with van der Waals surface area (Å²) < 4.78 is 0. The number of rotatable bonds is 0. The average molecular weight is 235 g/mol. The second kappa shape index (κ2) is 55.0. The summed E-state index contributed by atoms with van der Waals surface area (Å²) in [7, 11) is 0. The van der Waals surface area contributed by atoms with Crippen LogP contribution in [0.2, 0.25) is 0 Å². The van der Waals surface area contributed by atoms with Crippen LogP contribution in [0, 0.1) is 6.92 Å². The molecule has 0 aromatic carbocycles. The summed E-state index contributed by atoms with van der Waals surface area (Å²) in [5.74, 6) is 0. The van der Waals surface area contributed by atoms with Crippen molar-refractivity contribution < 1.29 is 51.0 Å². The van der Waals surface area contributed by atoms with Gasteiger partial charge in [-0.25, -0.2) is 19.6 Å². The third-order valence-corrected chi connectivity index (χ3v) is 0. The maximum absolute atomic E-state index is 3.25. The second-order valence-electron chi connectivity index (χ2n) is 0.289. The molecule has 0 spiro atoms. The van der Waals surface area contributed by atoms with Gasteiger partial charge in [0.15, 0.2) is 0 Å². The smallest absolute Gasteiger partial charge is 1.00 e. The zero-order valence-corrected chi connectivity index (χ0v) is 7.22. The molecule has 0 aromatic rings. The topological polar surface area (TPSA) is 0 Å². The summed E-state index contributed by atoms with van der Waals surface area (Å²) >= 11 is 0. The molecule has 0 bridgehead atoms. The van der Waals surface area contributed by atoms with Crippen LogP contribution in [0.15, 0.2) is 12.7 Å². The van der Waals surface area contributed by atoms with Crippen molar-refractivity contribution in [2.75, 3.05) is 0 Å². The molecule has 0 atom stereocenters. The standard InChI is InChI=1S/C3H5.2ClH.H4Si.Zr/c1-3-2;;;;/h3H,1-2H2;2*1H;1H4;/q-1;;;;+3/p-2. The fraction of sp³-hybridized carbons (Fsp3) is 0.